The van der Waals surface area contributed by atoms with Gasteiger partial charge in [-0.1, -0.05) is 31.9 Å². The van der Waals surface area contributed by atoms with Crippen molar-refractivity contribution in [3.8, 4) is 0 Å². The Morgan fingerprint density at radius 3 is 2.00 bits per heavy atom. The van der Waals surface area contributed by atoms with Crippen LogP contribution in [0.5, 0.6) is 0 Å². The second-order valence-electron chi connectivity index (χ2n) is 4.54. The number of rotatable bonds is 9. The molecule has 0 radical (unpaired) electrons. The first-order valence-electron chi connectivity index (χ1n) is 6.63. The summed E-state index contributed by atoms with van der Waals surface area (Å²) in [5, 5.41) is 0. The van der Waals surface area contributed by atoms with Gasteiger partial charge < -0.3 is 4.74 Å². The van der Waals surface area contributed by atoms with Crippen LogP contribution in [0.4, 0.5) is 30.7 Å². The van der Waals surface area contributed by atoms with Crippen LogP contribution in [0.15, 0.2) is 12.2 Å². The summed E-state index contributed by atoms with van der Waals surface area (Å²) in [6.07, 6.45) is 0.188. The Bertz CT molecular complexity index is 375. The predicted octanol–water partition coefficient (Wildman–Crippen LogP) is 4.89. The minimum Gasteiger partial charge on any atom is -0.461 e. The van der Waals surface area contributed by atoms with Gasteiger partial charge in [-0.3, -0.25) is 0 Å². The van der Waals surface area contributed by atoms with Crippen LogP contribution >= 0.6 is 0 Å². The van der Waals surface area contributed by atoms with E-state index in [1.54, 1.807) is 6.08 Å². The number of carbonyl (C=O) groups is 1. The normalized spacial score (nSPS) is 13.6. The Morgan fingerprint density at radius 1 is 0.955 bits per heavy atom. The van der Waals surface area contributed by atoms with E-state index in [1.165, 1.54) is 6.08 Å². The average Bonchev–Trinajstić information content (AvgIpc) is 2.39. The highest BCUT2D eigenvalue weighted by Crippen LogP contribution is 2.46. The topological polar surface area (TPSA) is 26.3 Å². The van der Waals surface area contributed by atoms with Crippen molar-refractivity contribution in [2.45, 2.75) is 57.0 Å². The maximum Gasteiger partial charge on any atom is 0.460 e. The predicted molar refractivity (Wildman–Crippen MR) is 64.8 cm³/mol. The lowest BCUT2D eigenvalue weighted by molar-refractivity contribution is -0.348. The summed E-state index contributed by atoms with van der Waals surface area (Å²) in [7, 11) is 0. The van der Waals surface area contributed by atoms with Crippen LogP contribution < -0.4 is 0 Å². The molecule has 0 fully saturated rings. The second-order valence-corrected chi connectivity index (χ2v) is 4.54. The molecule has 0 spiro atoms. The highest BCUT2D eigenvalue weighted by molar-refractivity contribution is 5.79. The SMILES string of the molecule is CCCCC/C=C\CCOC(=O)C(F)(F)C(F)(F)C(F)(F)F. The third-order valence-corrected chi connectivity index (χ3v) is 2.67. The fraction of sp³-hybridized carbons (Fsp3) is 0.769. The Labute approximate surface area is 123 Å². The van der Waals surface area contributed by atoms with E-state index >= 15 is 0 Å². The first-order valence-corrected chi connectivity index (χ1v) is 6.63. The van der Waals surface area contributed by atoms with E-state index in [4.69, 9.17) is 0 Å². The molecule has 0 aromatic carbocycles. The smallest absolute Gasteiger partial charge is 0.460 e. The summed E-state index contributed by atoms with van der Waals surface area (Å²) in [6, 6.07) is 0. The van der Waals surface area contributed by atoms with E-state index in [2.05, 4.69) is 4.74 Å². The Balaban J connectivity index is 4.32. The summed E-state index contributed by atoms with van der Waals surface area (Å²) in [4.78, 5) is 10.8. The number of allylic oxidation sites excluding steroid dienone is 1. The molecule has 0 aliphatic carbocycles. The van der Waals surface area contributed by atoms with Crippen molar-refractivity contribution in [3.05, 3.63) is 12.2 Å². The second kappa shape index (κ2) is 8.38. The number of unbranched alkanes of at least 4 members (excludes halogenated alkanes) is 3. The van der Waals surface area contributed by atoms with Crippen LogP contribution in [-0.4, -0.2) is 30.6 Å². The minimum absolute atomic E-state index is 0.0501. The Morgan fingerprint density at radius 2 is 1.50 bits per heavy atom. The molecular formula is C13H17F7O2. The number of ether oxygens (including phenoxy) is 1. The fourth-order valence-corrected chi connectivity index (χ4v) is 1.36. The van der Waals surface area contributed by atoms with Crippen LogP contribution in [0, 0.1) is 0 Å². The number of carbonyl (C=O) groups excluding carboxylic acids is 1. The summed E-state index contributed by atoms with van der Waals surface area (Å²) >= 11 is 0. The zero-order valence-electron chi connectivity index (χ0n) is 11.9. The van der Waals surface area contributed by atoms with Crippen molar-refractivity contribution in [1.82, 2.24) is 0 Å². The van der Waals surface area contributed by atoms with Crippen LogP contribution in [0.25, 0.3) is 0 Å². The minimum atomic E-state index is -6.55. The van der Waals surface area contributed by atoms with E-state index in [1.807, 2.05) is 6.92 Å². The van der Waals surface area contributed by atoms with E-state index in [9.17, 15) is 35.5 Å². The van der Waals surface area contributed by atoms with E-state index in [0.717, 1.165) is 19.3 Å². The summed E-state index contributed by atoms with van der Waals surface area (Å²) in [5.41, 5.74) is 0. The molecule has 0 saturated carbocycles. The van der Waals surface area contributed by atoms with Crippen LogP contribution in [0.3, 0.4) is 0 Å². The molecule has 0 atom stereocenters. The molecule has 9 heteroatoms. The maximum atomic E-state index is 12.8. The highest BCUT2D eigenvalue weighted by atomic mass is 19.4. The molecule has 0 aromatic heterocycles. The zero-order valence-corrected chi connectivity index (χ0v) is 11.9. The maximum absolute atomic E-state index is 12.8. The third-order valence-electron chi connectivity index (χ3n) is 2.67. The van der Waals surface area contributed by atoms with Gasteiger partial charge in [0.2, 0.25) is 0 Å². The molecule has 0 unspecified atom stereocenters. The molecule has 0 rings (SSSR count). The first-order chi connectivity index (χ1) is 9.98. The van der Waals surface area contributed by atoms with Crippen molar-refractivity contribution < 1.29 is 40.3 Å². The van der Waals surface area contributed by atoms with Crippen LogP contribution in [-0.2, 0) is 9.53 Å². The highest BCUT2D eigenvalue weighted by Gasteiger charge is 2.77. The summed E-state index contributed by atoms with van der Waals surface area (Å²) < 4.78 is 90.0. The lowest BCUT2D eigenvalue weighted by atomic mass is 10.1. The van der Waals surface area contributed by atoms with E-state index in [0.29, 0.717) is 6.42 Å². The van der Waals surface area contributed by atoms with Gasteiger partial charge in [-0.25, -0.2) is 4.79 Å². The average molecular weight is 338 g/mol. The van der Waals surface area contributed by atoms with Gasteiger partial charge in [-0.05, 0) is 19.3 Å². The molecular weight excluding hydrogens is 321 g/mol. The summed E-state index contributed by atoms with van der Waals surface area (Å²) in [6.45, 7) is 1.30. The monoisotopic (exact) mass is 338 g/mol. The molecule has 130 valence electrons. The van der Waals surface area contributed by atoms with Crippen molar-refractivity contribution in [2.24, 2.45) is 0 Å². The van der Waals surface area contributed by atoms with Crippen LogP contribution in [0.1, 0.15) is 39.0 Å². The summed E-state index contributed by atoms with van der Waals surface area (Å²) in [5.74, 6) is -15.3. The van der Waals surface area contributed by atoms with Gasteiger partial charge in [0, 0.05) is 0 Å². The molecule has 2 nitrogen and oxygen atoms in total. The number of halogens is 7. The van der Waals surface area contributed by atoms with Gasteiger partial charge in [-0.15, -0.1) is 0 Å². The van der Waals surface area contributed by atoms with Gasteiger partial charge in [0.15, 0.2) is 0 Å². The molecule has 0 heterocycles. The number of alkyl halides is 7. The molecule has 22 heavy (non-hydrogen) atoms. The number of hydrogen-bond acceptors (Lipinski definition) is 2. The van der Waals surface area contributed by atoms with Gasteiger partial charge >= 0.3 is 24.0 Å². The van der Waals surface area contributed by atoms with Gasteiger partial charge in [-0.2, -0.15) is 30.7 Å². The zero-order chi connectivity index (χ0) is 17.4. The Hall–Kier alpha value is -1.28. The first kappa shape index (κ1) is 20.7. The number of hydrogen-bond donors (Lipinski definition) is 0. The fourth-order valence-electron chi connectivity index (χ4n) is 1.36. The van der Waals surface area contributed by atoms with Crippen LogP contribution in [0.2, 0.25) is 0 Å². The van der Waals surface area contributed by atoms with Crippen molar-refractivity contribution >= 4 is 5.97 Å². The van der Waals surface area contributed by atoms with E-state index in [-0.39, 0.29) is 6.42 Å². The molecule has 0 N–H and O–H groups in total. The van der Waals surface area contributed by atoms with Gasteiger partial charge in [0.1, 0.15) is 0 Å². The quantitative estimate of drug-likeness (QED) is 0.259. The standard InChI is InChI=1S/C13H17F7O2/c1-2-3-4-5-6-7-8-9-22-10(21)11(14,15)12(16,17)13(18,19)20/h6-7H,2-5,8-9H2,1H3/b7-6-. The van der Waals surface area contributed by atoms with Crippen molar-refractivity contribution in [3.63, 3.8) is 0 Å². The third kappa shape index (κ3) is 5.49. The molecule has 0 saturated heterocycles. The van der Waals surface area contributed by atoms with Gasteiger partial charge in [0.25, 0.3) is 0 Å². The lowest BCUT2D eigenvalue weighted by Gasteiger charge is -2.26. The molecule has 0 amide bonds. The lowest BCUT2D eigenvalue weighted by Crippen LogP contribution is -2.56. The number of esters is 1. The van der Waals surface area contributed by atoms with E-state index < -0.39 is 30.6 Å². The van der Waals surface area contributed by atoms with Gasteiger partial charge in [0.05, 0.1) is 6.61 Å². The molecule has 0 aromatic rings. The van der Waals surface area contributed by atoms with Crippen molar-refractivity contribution in [2.75, 3.05) is 6.61 Å². The molecule has 0 aliphatic heterocycles. The van der Waals surface area contributed by atoms with Crippen molar-refractivity contribution in [1.29, 1.82) is 0 Å². The molecule has 0 bridgehead atoms. The molecule has 0 aliphatic rings. The largest absolute Gasteiger partial charge is 0.461 e. The Kier molecular flexibility index (Phi) is 7.89.